The SMILES string of the molecule is O=C(O)CC[C@H](NC(=O)N(O)[C@@H](CCCCNC(=O)c1ccc(OCCF)cc1)C(=O)O)C(=O)O. The van der Waals surface area contributed by atoms with Gasteiger partial charge < -0.3 is 30.7 Å². The number of rotatable bonds is 16. The first-order chi connectivity index (χ1) is 16.6. The molecule has 0 saturated carbocycles. The minimum Gasteiger partial charge on any atom is -0.491 e. The van der Waals surface area contributed by atoms with Gasteiger partial charge in [-0.25, -0.2) is 18.8 Å². The normalized spacial score (nSPS) is 12.2. The second kappa shape index (κ2) is 15.1. The molecule has 1 rings (SSSR count). The predicted molar refractivity (Wildman–Crippen MR) is 116 cm³/mol. The van der Waals surface area contributed by atoms with Gasteiger partial charge in [0, 0.05) is 18.5 Å². The maximum absolute atomic E-state index is 12.1. The number of alkyl halides is 1. The Hall–Kier alpha value is -3.94. The van der Waals surface area contributed by atoms with Gasteiger partial charge in [0.25, 0.3) is 5.91 Å². The summed E-state index contributed by atoms with van der Waals surface area (Å²) in [4.78, 5) is 57.4. The zero-order valence-electron chi connectivity index (χ0n) is 18.7. The Kier molecular flexibility index (Phi) is 12.5. The van der Waals surface area contributed by atoms with Crippen LogP contribution in [0.15, 0.2) is 24.3 Å². The third kappa shape index (κ3) is 10.7. The predicted octanol–water partition coefficient (Wildman–Crippen LogP) is 1.11. The molecule has 0 unspecified atom stereocenters. The number of carboxylic acids is 3. The molecular weight excluding hydrogens is 473 g/mol. The van der Waals surface area contributed by atoms with Gasteiger partial charge in [-0.3, -0.25) is 14.8 Å². The van der Waals surface area contributed by atoms with E-state index in [2.05, 4.69) is 5.32 Å². The minimum absolute atomic E-state index is 0.0966. The molecule has 13 nitrogen and oxygen atoms in total. The van der Waals surface area contributed by atoms with Gasteiger partial charge in [0.05, 0.1) is 0 Å². The summed E-state index contributed by atoms with van der Waals surface area (Å²) >= 11 is 0. The van der Waals surface area contributed by atoms with E-state index in [0.29, 0.717) is 17.7 Å². The van der Waals surface area contributed by atoms with Gasteiger partial charge in [-0.15, -0.1) is 0 Å². The molecule has 194 valence electrons. The van der Waals surface area contributed by atoms with E-state index < -0.39 is 61.4 Å². The lowest BCUT2D eigenvalue weighted by Gasteiger charge is -2.24. The summed E-state index contributed by atoms with van der Waals surface area (Å²) in [5.41, 5.74) is 0.329. The lowest BCUT2D eigenvalue weighted by molar-refractivity contribution is -0.157. The fraction of sp³-hybridized carbons (Fsp3) is 0.476. The van der Waals surface area contributed by atoms with Gasteiger partial charge in [0.1, 0.15) is 25.1 Å². The van der Waals surface area contributed by atoms with Gasteiger partial charge in [0.2, 0.25) is 0 Å². The maximum Gasteiger partial charge on any atom is 0.342 e. The lowest BCUT2D eigenvalue weighted by Crippen LogP contribution is -2.52. The number of nitrogens with one attached hydrogen (secondary N) is 2. The molecule has 0 fully saturated rings. The van der Waals surface area contributed by atoms with E-state index in [4.69, 9.17) is 14.9 Å². The van der Waals surface area contributed by atoms with Gasteiger partial charge in [0.15, 0.2) is 6.04 Å². The van der Waals surface area contributed by atoms with E-state index in [9.17, 15) is 38.7 Å². The van der Waals surface area contributed by atoms with Crippen molar-refractivity contribution >= 4 is 29.8 Å². The van der Waals surface area contributed by atoms with Gasteiger partial charge in [-0.1, -0.05) is 0 Å². The standard InChI is InChI=1S/C21H28FN3O10/c22-10-12-35-14-6-4-13(5-7-14)18(28)23-11-2-1-3-16(20(31)32)25(34)21(33)24-15(19(29)30)8-9-17(26)27/h4-7,15-16,34H,1-3,8-12H2,(H,23,28)(H,24,33)(H,26,27)(H,29,30)(H,31,32)/t15-,16-/m0/s1. The van der Waals surface area contributed by atoms with Crippen LogP contribution in [0.3, 0.4) is 0 Å². The summed E-state index contributed by atoms with van der Waals surface area (Å²) in [6.45, 7) is -0.570. The number of amides is 3. The first-order valence-corrected chi connectivity index (χ1v) is 10.6. The number of unbranched alkanes of at least 4 members (excludes halogenated alkanes) is 1. The molecule has 0 aliphatic rings. The number of carbonyl (C=O) groups excluding carboxylic acids is 2. The number of ether oxygens (including phenoxy) is 1. The molecule has 0 aliphatic heterocycles. The van der Waals surface area contributed by atoms with Gasteiger partial charge in [-0.05, 0) is 49.9 Å². The van der Waals surface area contributed by atoms with E-state index >= 15 is 0 Å². The molecule has 0 heterocycles. The summed E-state index contributed by atoms with van der Waals surface area (Å²) in [5, 5.41) is 41.3. The Morgan fingerprint density at radius 3 is 2.17 bits per heavy atom. The third-order valence-electron chi connectivity index (χ3n) is 4.68. The highest BCUT2D eigenvalue weighted by molar-refractivity contribution is 5.94. The average molecular weight is 501 g/mol. The van der Waals surface area contributed by atoms with Crippen LogP contribution in [0.5, 0.6) is 5.75 Å². The van der Waals surface area contributed by atoms with Crippen LogP contribution in [-0.4, -0.2) is 87.3 Å². The molecule has 0 saturated heterocycles. The lowest BCUT2D eigenvalue weighted by atomic mass is 10.1. The number of benzene rings is 1. The zero-order chi connectivity index (χ0) is 26.4. The van der Waals surface area contributed by atoms with E-state index in [0.717, 1.165) is 0 Å². The number of hydroxylamine groups is 2. The molecule has 3 amide bonds. The van der Waals surface area contributed by atoms with Crippen LogP contribution in [0.4, 0.5) is 9.18 Å². The average Bonchev–Trinajstić information content (AvgIpc) is 2.81. The van der Waals surface area contributed by atoms with E-state index in [1.54, 1.807) is 0 Å². The quantitative estimate of drug-likeness (QED) is 0.108. The van der Waals surface area contributed by atoms with Crippen LogP contribution < -0.4 is 15.4 Å². The Balaban J connectivity index is 2.50. The van der Waals surface area contributed by atoms with Crippen molar-refractivity contribution in [3.05, 3.63) is 29.8 Å². The number of halogens is 1. The van der Waals surface area contributed by atoms with Crippen molar-refractivity contribution in [3.63, 3.8) is 0 Å². The molecular formula is C21H28FN3O10. The fourth-order valence-electron chi connectivity index (χ4n) is 2.86. The zero-order valence-corrected chi connectivity index (χ0v) is 18.7. The largest absolute Gasteiger partial charge is 0.491 e. The molecule has 35 heavy (non-hydrogen) atoms. The molecule has 1 aromatic carbocycles. The van der Waals surface area contributed by atoms with Gasteiger partial charge >= 0.3 is 23.9 Å². The van der Waals surface area contributed by atoms with Crippen molar-refractivity contribution in [1.29, 1.82) is 0 Å². The van der Waals surface area contributed by atoms with E-state index in [-0.39, 0.29) is 31.1 Å². The second-order valence-corrected chi connectivity index (χ2v) is 7.28. The first kappa shape index (κ1) is 29.1. The highest BCUT2D eigenvalue weighted by atomic mass is 19.1. The number of hydrogen-bond acceptors (Lipinski definition) is 7. The highest BCUT2D eigenvalue weighted by Crippen LogP contribution is 2.13. The molecule has 0 radical (unpaired) electrons. The number of urea groups is 1. The number of carbonyl (C=O) groups is 5. The van der Waals surface area contributed by atoms with E-state index in [1.807, 2.05) is 5.32 Å². The maximum atomic E-state index is 12.1. The molecule has 0 aliphatic carbocycles. The van der Waals surface area contributed by atoms with Gasteiger partial charge in [-0.2, -0.15) is 5.06 Å². The summed E-state index contributed by atoms with van der Waals surface area (Å²) in [6, 6.07) is 1.28. The van der Waals surface area contributed by atoms with Crippen molar-refractivity contribution in [2.75, 3.05) is 19.8 Å². The van der Waals surface area contributed by atoms with Crippen molar-refractivity contribution in [2.24, 2.45) is 0 Å². The molecule has 2 atom stereocenters. The number of nitrogens with zero attached hydrogens (tertiary/aromatic N) is 1. The summed E-state index contributed by atoms with van der Waals surface area (Å²) in [6.07, 6.45) is -0.747. The van der Waals surface area contributed by atoms with Crippen LogP contribution >= 0.6 is 0 Å². The molecule has 0 aromatic heterocycles. The second-order valence-electron chi connectivity index (χ2n) is 7.28. The van der Waals surface area contributed by atoms with Crippen LogP contribution in [0.25, 0.3) is 0 Å². The molecule has 1 aromatic rings. The summed E-state index contributed by atoms with van der Waals surface area (Å²) < 4.78 is 17.2. The van der Waals surface area contributed by atoms with Crippen molar-refractivity contribution < 1.29 is 53.6 Å². The van der Waals surface area contributed by atoms with Crippen LogP contribution in [-0.2, 0) is 14.4 Å². The topological polar surface area (TPSA) is 203 Å². The van der Waals surface area contributed by atoms with Crippen LogP contribution in [0, 0.1) is 0 Å². The Bertz CT molecular complexity index is 881. The van der Waals surface area contributed by atoms with Crippen LogP contribution in [0.1, 0.15) is 42.5 Å². The molecule has 6 N–H and O–H groups in total. The highest BCUT2D eigenvalue weighted by Gasteiger charge is 2.31. The first-order valence-electron chi connectivity index (χ1n) is 10.6. The molecule has 14 heteroatoms. The third-order valence-corrected chi connectivity index (χ3v) is 4.68. The smallest absolute Gasteiger partial charge is 0.342 e. The van der Waals surface area contributed by atoms with Crippen molar-refractivity contribution in [1.82, 2.24) is 15.7 Å². The Labute approximate surface area is 199 Å². The molecule has 0 bridgehead atoms. The number of carboxylic acid groups (broad SMARTS) is 3. The Morgan fingerprint density at radius 2 is 1.63 bits per heavy atom. The van der Waals surface area contributed by atoms with E-state index in [1.165, 1.54) is 24.3 Å². The molecule has 0 spiro atoms. The monoisotopic (exact) mass is 501 g/mol. The Morgan fingerprint density at radius 1 is 0.971 bits per heavy atom. The number of hydrogen-bond donors (Lipinski definition) is 6. The van der Waals surface area contributed by atoms with Crippen LogP contribution in [0.2, 0.25) is 0 Å². The van der Waals surface area contributed by atoms with Crippen molar-refractivity contribution in [2.45, 2.75) is 44.2 Å². The minimum atomic E-state index is -1.70. The fourth-order valence-corrected chi connectivity index (χ4v) is 2.86. The van der Waals surface area contributed by atoms with Crippen molar-refractivity contribution in [3.8, 4) is 5.75 Å². The summed E-state index contributed by atoms with van der Waals surface area (Å²) in [5.74, 6) is -4.37. The number of aliphatic carboxylic acids is 3. The summed E-state index contributed by atoms with van der Waals surface area (Å²) in [7, 11) is 0.